The summed E-state index contributed by atoms with van der Waals surface area (Å²) in [6, 6.07) is 8.33. The van der Waals surface area contributed by atoms with Gasteiger partial charge in [-0.25, -0.2) is 9.97 Å². The fraction of sp³-hybridized carbons (Fsp3) is 0.444. The monoisotopic (exact) mass is 382 g/mol. The lowest BCUT2D eigenvalue weighted by atomic mass is 10.0. The maximum absolute atomic E-state index is 5.50. The van der Waals surface area contributed by atoms with Crippen molar-refractivity contribution in [1.29, 1.82) is 0 Å². The average molecular weight is 383 g/mol. The molecule has 1 aromatic heterocycles. The molecule has 0 saturated carbocycles. The lowest BCUT2D eigenvalue weighted by molar-refractivity contribution is 0.122. The van der Waals surface area contributed by atoms with Gasteiger partial charge in [0, 0.05) is 30.8 Å². The summed E-state index contributed by atoms with van der Waals surface area (Å²) >= 11 is 0. The number of ether oxygens (including phenoxy) is 1. The summed E-state index contributed by atoms with van der Waals surface area (Å²) in [5, 5.41) is 3.43. The molecular weight excluding hydrogens is 359 g/mol. The zero-order valence-electron chi connectivity index (χ0n) is 14.3. The molecule has 1 fully saturated rings. The number of morpholine rings is 1. The van der Waals surface area contributed by atoms with Gasteiger partial charge in [0.15, 0.2) is 5.82 Å². The highest BCUT2D eigenvalue weighted by atomic mass is 35.5. The van der Waals surface area contributed by atoms with E-state index in [2.05, 4.69) is 41.4 Å². The van der Waals surface area contributed by atoms with Crippen LogP contribution in [-0.4, -0.2) is 42.8 Å². The number of fused-ring (bicyclic) bond motifs is 1. The maximum atomic E-state index is 5.50. The number of nitrogens with zero attached hydrogens (tertiary/aromatic N) is 3. The third-order valence-electron chi connectivity index (χ3n) is 4.61. The van der Waals surface area contributed by atoms with E-state index in [1.165, 1.54) is 11.1 Å². The number of hydrogen-bond donors (Lipinski definition) is 1. The van der Waals surface area contributed by atoms with E-state index in [0.717, 1.165) is 68.7 Å². The van der Waals surface area contributed by atoms with Gasteiger partial charge in [0.1, 0.15) is 5.82 Å². The van der Waals surface area contributed by atoms with Crippen LogP contribution in [-0.2, 0) is 17.7 Å². The molecule has 0 aliphatic carbocycles. The summed E-state index contributed by atoms with van der Waals surface area (Å²) in [5.74, 6) is 1.95. The molecule has 4 rings (SSSR count). The Kier molecular flexibility index (Phi) is 7.02. The molecule has 0 atom stereocenters. The molecule has 1 saturated heterocycles. The maximum Gasteiger partial charge on any atom is 0.162 e. The third kappa shape index (κ3) is 4.06. The van der Waals surface area contributed by atoms with Crippen molar-refractivity contribution in [2.45, 2.75) is 19.9 Å². The number of nitrogens with one attached hydrogen (secondary N) is 1. The molecule has 2 aliphatic rings. The molecule has 1 aromatic carbocycles. The van der Waals surface area contributed by atoms with Crippen molar-refractivity contribution < 1.29 is 4.74 Å². The Morgan fingerprint density at radius 2 is 1.84 bits per heavy atom. The topological polar surface area (TPSA) is 50.3 Å². The zero-order chi connectivity index (χ0) is 15.6. The van der Waals surface area contributed by atoms with Crippen LogP contribution in [0.1, 0.15) is 16.8 Å². The Morgan fingerprint density at radius 1 is 1.08 bits per heavy atom. The van der Waals surface area contributed by atoms with Gasteiger partial charge in [-0.05, 0) is 25.5 Å². The van der Waals surface area contributed by atoms with Crippen molar-refractivity contribution in [3.8, 4) is 11.4 Å². The molecule has 5 nitrogen and oxygen atoms in total. The second kappa shape index (κ2) is 8.81. The number of halogens is 2. The number of aryl methyl sites for hydroxylation is 1. The van der Waals surface area contributed by atoms with Gasteiger partial charge in [-0.15, -0.1) is 24.8 Å². The lowest BCUT2D eigenvalue weighted by Gasteiger charge is -2.31. The third-order valence-corrected chi connectivity index (χ3v) is 4.61. The van der Waals surface area contributed by atoms with Gasteiger partial charge >= 0.3 is 0 Å². The first-order chi connectivity index (χ1) is 11.3. The number of rotatable bonds is 2. The second-order valence-electron chi connectivity index (χ2n) is 6.14. The normalized spacial score (nSPS) is 16.4. The first-order valence-corrected chi connectivity index (χ1v) is 8.32. The van der Waals surface area contributed by atoms with E-state index in [0.29, 0.717) is 0 Å². The predicted molar refractivity (Wildman–Crippen MR) is 105 cm³/mol. The van der Waals surface area contributed by atoms with E-state index < -0.39 is 0 Å². The standard InChI is InChI=1S/C18H22N4O.2ClH/c1-13-4-2-3-5-14(13)17-20-16-12-19-7-6-15(16)18(21-17)22-8-10-23-11-9-22;;/h2-5,19H,6-12H2,1H3;2*1H. The molecule has 0 unspecified atom stereocenters. The van der Waals surface area contributed by atoms with Crippen molar-refractivity contribution in [1.82, 2.24) is 15.3 Å². The van der Waals surface area contributed by atoms with E-state index in [9.17, 15) is 0 Å². The summed E-state index contributed by atoms with van der Waals surface area (Å²) in [7, 11) is 0. The largest absolute Gasteiger partial charge is 0.378 e. The van der Waals surface area contributed by atoms with Gasteiger partial charge in [0.2, 0.25) is 0 Å². The van der Waals surface area contributed by atoms with Crippen LogP contribution in [0.15, 0.2) is 24.3 Å². The van der Waals surface area contributed by atoms with Gasteiger partial charge < -0.3 is 15.0 Å². The highest BCUT2D eigenvalue weighted by Gasteiger charge is 2.23. The Labute approximate surface area is 161 Å². The highest BCUT2D eigenvalue weighted by molar-refractivity contribution is 5.85. The lowest BCUT2D eigenvalue weighted by Crippen LogP contribution is -2.39. The van der Waals surface area contributed by atoms with Crippen LogP contribution in [0.3, 0.4) is 0 Å². The minimum Gasteiger partial charge on any atom is -0.378 e. The first kappa shape index (κ1) is 19.9. The SMILES string of the molecule is Cc1ccccc1-c1nc2c(c(N3CCOCC3)n1)CCNC2.Cl.Cl. The Bertz CT molecular complexity index is 720. The van der Waals surface area contributed by atoms with E-state index in [4.69, 9.17) is 14.7 Å². The number of anilines is 1. The van der Waals surface area contributed by atoms with Gasteiger partial charge in [-0.1, -0.05) is 24.3 Å². The Morgan fingerprint density at radius 3 is 2.60 bits per heavy atom. The minimum absolute atomic E-state index is 0. The summed E-state index contributed by atoms with van der Waals surface area (Å²) < 4.78 is 5.50. The van der Waals surface area contributed by atoms with Crippen LogP contribution in [0.2, 0.25) is 0 Å². The molecule has 7 heteroatoms. The van der Waals surface area contributed by atoms with Crippen LogP contribution in [0.25, 0.3) is 11.4 Å². The van der Waals surface area contributed by atoms with Crippen molar-refractivity contribution in [3.05, 3.63) is 41.1 Å². The van der Waals surface area contributed by atoms with Gasteiger partial charge in [-0.3, -0.25) is 0 Å². The van der Waals surface area contributed by atoms with Crippen molar-refractivity contribution >= 4 is 30.6 Å². The quantitative estimate of drug-likeness (QED) is 0.865. The van der Waals surface area contributed by atoms with Gasteiger partial charge in [0.25, 0.3) is 0 Å². The molecule has 136 valence electrons. The molecule has 1 N–H and O–H groups in total. The van der Waals surface area contributed by atoms with Crippen molar-refractivity contribution in [3.63, 3.8) is 0 Å². The Hall–Kier alpha value is -1.40. The molecule has 25 heavy (non-hydrogen) atoms. The molecule has 0 bridgehead atoms. The summed E-state index contributed by atoms with van der Waals surface area (Å²) in [5.41, 5.74) is 4.79. The summed E-state index contributed by atoms with van der Waals surface area (Å²) in [6.45, 7) is 7.30. The average Bonchev–Trinajstić information content (AvgIpc) is 2.62. The molecule has 2 aromatic rings. The van der Waals surface area contributed by atoms with Crippen LogP contribution in [0.5, 0.6) is 0 Å². The fourth-order valence-corrected chi connectivity index (χ4v) is 3.32. The second-order valence-corrected chi connectivity index (χ2v) is 6.14. The van der Waals surface area contributed by atoms with E-state index in [1.807, 2.05) is 0 Å². The molecule has 3 heterocycles. The van der Waals surface area contributed by atoms with E-state index in [-0.39, 0.29) is 24.8 Å². The summed E-state index contributed by atoms with van der Waals surface area (Å²) in [6.07, 6.45) is 0.996. The van der Waals surface area contributed by atoms with Gasteiger partial charge in [0.05, 0.1) is 18.9 Å². The van der Waals surface area contributed by atoms with Crippen LogP contribution < -0.4 is 10.2 Å². The van der Waals surface area contributed by atoms with E-state index >= 15 is 0 Å². The van der Waals surface area contributed by atoms with Crippen LogP contribution in [0.4, 0.5) is 5.82 Å². The molecule has 0 amide bonds. The zero-order valence-corrected chi connectivity index (χ0v) is 16.0. The fourth-order valence-electron chi connectivity index (χ4n) is 3.32. The first-order valence-electron chi connectivity index (χ1n) is 8.32. The molecule has 0 spiro atoms. The highest BCUT2D eigenvalue weighted by Crippen LogP contribution is 2.29. The van der Waals surface area contributed by atoms with Crippen LogP contribution in [0, 0.1) is 6.92 Å². The smallest absolute Gasteiger partial charge is 0.162 e. The number of benzene rings is 1. The van der Waals surface area contributed by atoms with Crippen molar-refractivity contribution in [2.24, 2.45) is 0 Å². The molecular formula is C18H24Cl2N4O. The summed E-state index contributed by atoms with van der Waals surface area (Å²) in [4.78, 5) is 12.2. The Balaban J connectivity index is 0.00000113. The van der Waals surface area contributed by atoms with E-state index in [1.54, 1.807) is 0 Å². The van der Waals surface area contributed by atoms with Crippen molar-refractivity contribution in [2.75, 3.05) is 37.7 Å². The number of aromatic nitrogens is 2. The molecule has 0 radical (unpaired) electrons. The predicted octanol–water partition coefficient (Wildman–Crippen LogP) is 2.78. The molecule has 2 aliphatic heterocycles. The minimum atomic E-state index is 0. The van der Waals surface area contributed by atoms with Crippen LogP contribution >= 0.6 is 24.8 Å². The van der Waals surface area contributed by atoms with Gasteiger partial charge in [-0.2, -0.15) is 0 Å². The number of hydrogen-bond acceptors (Lipinski definition) is 5.